The number of hydrazine groups is 1. The molecule has 0 unspecified atom stereocenters. The van der Waals surface area contributed by atoms with E-state index in [9.17, 15) is 18.0 Å². The molecule has 0 fully saturated rings. The number of carbonyl (C=O) groups is 2. The molecule has 0 aliphatic rings. The predicted octanol–water partition coefficient (Wildman–Crippen LogP) is 2.38. The first-order chi connectivity index (χ1) is 14.2. The van der Waals surface area contributed by atoms with Crippen molar-refractivity contribution in [1.29, 1.82) is 0 Å². The summed E-state index contributed by atoms with van der Waals surface area (Å²) in [5, 5.41) is 0.558. The summed E-state index contributed by atoms with van der Waals surface area (Å²) in [4.78, 5) is 24.4. The van der Waals surface area contributed by atoms with Gasteiger partial charge in [0.25, 0.3) is 5.91 Å². The molecular formula is C20H24ClN3O5S. The number of rotatable bonds is 8. The summed E-state index contributed by atoms with van der Waals surface area (Å²) in [7, 11) is -2.49. The third-order valence-electron chi connectivity index (χ3n) is 4.34. The van der Waals surface area contributed by atoms with E-state index in [-0.39, 0.29) is 35.7 Å². The maximum atomic E-state index is 12.9. The van der Waals surface area contributed by atoms with E-state index in [0.717, 1.165) is 5.56 Å². The van der Waals surface area contributed by atoms with Crippen molar-refractivity contribution in [1.82, 2.24) is 15.2 Å². The number of hydrogen-bond donors (Lipinski definition) is 2. The molecule has 0 bridgehead atoms. The minimum Gasteiger partial charge on any atom is -0.495 e. The Morgan fingerprint density at radius 2 is 1.67 bits per heavy atom. The van der Waals surface area contributed by atoms with Gasteiger partial charge in [0.05, 0.1) is 13.5 Å². The second kappa shape index (κ2) is 10.4. The van der Waals surface area contributed by atoms with Gasteiger partial charge in [-0.15, -0.1) is 0 Å². The van der Waals surface area contributed by atoms with Crippen LogP contribution in [-0.4, -0.2) is 44.7 Å². The lowest BCUT2D eigenvalue weighted by Crippen LogP contribution is -2.42. The van der Waals surface area contributed by atoms with Gasteiger partial charge in [-0.2, -0.15) is 4.31 Å². The molecule has 0 heterocycles. The number of nitrogens with zero attached hydrogens (tertiary/aromatic N) is 1. The first-order valence-electron chi connectivity index (χ1n) is 9.24. The molecule has 2 amide bonds. The van der Waals surface area contributed by atoms with Crippen LogP contribution in [0.1, 0.15) is 29.8 Å². The largest absolute Gasteiger partial charge is 0.495 e. The molecule has 8 nitrogen and oxygen atoms in total. The number of halogens is 1. The first-order valence-corrected chi connectivity index (χ1v) is 11.1. The molecule has 2 N–H and O–H groups in total. The van der Waals surface area contributed by atoms with Gasteiger partial charge in [-0.3, -0.25) is 20.4 Å². The van der Waals surface area contributed by atoms with Crippen molar-refractivity contribution in [3.8, 4) is 5.75 Å². The Kier molecular flexibility index (Phi) is 8.22. The van der Waals surface area contributed by atoms with Crippen molar-refractivity contribution in [3.05, 3.63) is 58.6 Å². The van der Waals surface area contributed by atoms with Crippen LogP contribution in [0.5, 0.6) is 5.75 Å². The predicted molar refractivity (Wildman–Crippen MR) is 114 cm³/mol. The fourth-order valence-corrected chi connectivity index (χ4v) is 4.52. The summed E-state index contributed by atoms with van der Waals surface area (Å²) < 4.78 is 32.2. The van der Waals surface area contributed by atoms with E-state index < -0.39 is 21.8 Å². The Morgan fingerprint density at radius 3 is 2.23 bits per heavy atom. The van der Waals surface area contributed by atoms with Crippen molar-refractivity contribution < 1.29 is 22.7 Å². The van der Waals surface area contributed by atoms with E-state index in [0.29, 0.717) is 5.02 Å². The molecule has 0 saturated carbocycles. The zero-order valence-electron chi connectivity index (χ0n) is 16.9. The van der Waals surface area contributed by atoms with Crippen LogP contribution < -0.4 is 15.6 Å². The molecule has 2 rings (SSSR count). The summed E-state index contributed by atoms with van der Waals surface area (Å²) >= 11 is 5.81. The molecule has 0 aliphatic heterocycles. The van der Waals surface area contributed by atoms with Crippen molar-refractivity contribution in [2.45, 2.75) is 25.2 Å². The molecule has 0 radical (unpaired) electrons. The molecule has 0 atom stereocenters. The molecule has 0 aromatic heterocycles. The van der Waals surface area contributed by atoms with Crippen LogP contribution in [-0.2, 0) is 21.2 Å². The highest BCUT2D eigenvalue weighted by molar-refractivity contribution is 7.89. The average molecular weight is 454 g/mol. The van der Waals surface area contributed by atoms with E-state index in [1.165, 1.54) is 29.6 Å². The molecule has 0 aliphatic carbocycles. The van der Waals surface area contributed by atoms with Gasteiger partial charge in [0.1, 0.15) is 10.6 Å². The Hall–Kier alpha value is -2.62. The molecular weight excluding hydrogens is 430 g/mol. The van der Waals surface area contributed by atoms with Gasteiger partial charge >= 0.3 is 0 Å². The van der Waals surface area contributed by atoms with E-state index in [4.69, 9.17) is 16.3 Å². The van der Waals surface area contributed by atoms with Gasteiger partial charge < -0.3 is 4.74 Å². The lowest BCUT2D eigenvalue weighted by atomic mass is 10.1. The highest BCUT2D eigenvalue weighted by atomic mass is 35.5. The molecule has 162 valence electrons. The van der Waals surface area contributed by atoms with Gasteiger partial charge in [-0.1, -0.05) is 37.6 Å². The summed E-state index contributed by atoms with van der Waals surface area (Å²) in [5.74, 6) is -0.960. The lowest BCUT2D eigenvalue weighted by Gasteiger charge is -2.20. The second-order valence-corrected chi connectivity index (χ2v) is 8.60. The smallest absolute Gasteiger partial charge is 0.269 e. The summed E-state index contributed by atoms with van der Waals surface area (Å²) in [6.45, 7) is 4.00. The highest BCUT2D eigenvalue weighted by Crippen LogP contribution is 2.27. The Bertz CT molecular complexity index is 1010. The monoisotopic (exact) mass is 453 g/mol. The fourth-order valence-electron chi connectivity index (χ4n) is 2.75. The summed E-state index contributed by atoms with van der Waals surface area (Å²) in [6, 6.07) is 10.8. The van der Waals surface area contributed by atoms with Crippen LogP contribution in [0.2, 0.25) is 5.02 Å². The lowest BCUT2D eigenvalue weighted by molar-refractivity contribution is -0.121. The molecule has 2 aromatic carbocycles. The van der Waals surface area contributed by atoms with Gasteiger partial charge in [-0.25, -0.2) is 8.42 Å². The van der Waals surface area contributed by atoms with Crippen LogP contribution in [0, 0.1) is 0 Å². The van der Waals surface area contributed by atoms with Crippen LogP contribution in [0.25, 0.3) is 0 Å². The fraction of sp³-hybridized carbons (Fsp3) is 0.300. The Balaban J connectivity index is 2.14. The normalized spacial score (nSPS) is 11.2. The van der Waals surface area contributed by atoms with Gasteiger partial charge in [0.15, 0.2) is 0 Å². The average Bonchev–Trinajstić information content (AvgIpc) is 2.73. The number of hydrogen-bond acceptors (Lipinski definition) is 5. The SMILES string of the molecule is CCN(CC)S(=O)(=O)c1cc(C(=O)NNC(=O)Cc2ccc(Cl)cc2)ccc1OC. The van der Waals surface area contributed by atoms with Crippen molar-refractivity contribution in [2.24, 2.45) is 0 Å². The third-order valence-corrected chi connectivity index (χ3v) is 6.67. The zero-order valence-corrected chi connectivity index (χ0v) is 18.5. The van der Waals surface area contributed by atoms with Crippen LogP contribution in [0.3, 0.4) is 0 Å². The molecule has 2 aromatic rings. The number of carbonyl (C=O) groups excluding carboxylic acids is 2. The standard InChI is InChI=1S/C20H24ClN3O5S/c1-4-24(5-2)30(27,28)18-13-15(8-11-17(18)29-3)20(26)23-22-19(25)12-14-6-9-16(21)10-7-14/h6-11,13H,4-5,12H2,1-3H3,(H,22,25)(H,23,26). The van der Waals surface area contributed by atoms with Crippen LogP contribution in [0.4, 0.5) is 0 Å². The Morgan fingerprint density at radius 1 is 1.03 bits per heavy atom. The number of amides is 2. The molecule has 10 heteroatoms. The summed E-state index contributed by atoms with van der Waals surface area (Å²) in [6.07, 6.45) is 0.0433. The second-order valence-electron chi connectivity index (χ2n) is 6.26. The highest BCUT2D eigenvalue weighted by Gasteiger charge is 2.26. The number of benzene rings is 2. The van der Waals surface area contributed by atoms with Crippen LogP contribution >= 0.6 is 11.6 Å². The van der Waals surface area contributed by atoms with Crippen molar-refractivity contribution in [2.75, 3.05) is 20.2 Å². The number of ether oxygens (including phenoxy) is 1. The minimum absolute atomic E-state index is 0.0433. The van der Waals surface area contributed by atoms with E-state index >= 15 is 0 Å². The summed E-state index contributed by atoms with van der Waals surface area (Å²) in [5.41, 5.74) is 5.39. The van der Waals surface area contributed by atoms with E-state index in [1.807, 2.05) is 0 Å². The van der Waals surface area contributed by atoms with Crippen molar-refractivity contribution in [3.63, 3.8) is 0 Å². The molecule has 0 saturated heterocycles. The van der Waals surface area contributed by atoms with Gasteiger partial charge in [0.2, 0.25) is 15.9 Å². The maximum Gasteiger partial charge on any atom is 0.269 e. The van der Waals surface area contributed by atoms with Gasteiger partial charge in [-0.05, 0) is 35.9 Å². The van der Waals surface area contributed by atoms with Crippen LogP contribution in [0.15, 0.2) is 47.4 Å². The molecule has 0 spiro atoms. The van der Waals surface area contributed by atoms with E-state index in [2.05, 4.69) is 10.9 Å². The van der Waals surface area contributed by atoms with E-state index in [1.54, 1.807) is 38.1 Å². The molecule has 30 heavy (non-hydrogen) atoms. The first kappa shape index (κ1) is 23.7. The Labute approximate surface area is 181 Å². The van der Waals surface area contributed by atoms with Gasteiger partial charge in [0, 0.05) is 23.7 Å². The quantitative estimate of drug-likeness (QED) is 0.597. The number of sulfonamides is 1. The topological polar surface area (TPSA) is 105 Å². The third kappa shape index (κ3) is 5.71. The number of nitrogens with one attached hydrogen (secondary N) is 2. The van der Waals surface area contributed by atoms with Crippen molar-refractivity contribution >= 4 is 33.4 Å². The minimum atomic E-state index is -3.85. The number of methoxy groups -OCH3 is 1. The maximum absolute atomic E-state index is 12.9. The zero-order chi connectivity index (χ0) is 22.3.